The minimum Gasteiger partial charge on any atom is -0.455 e. The summed E-state index contributed by atoms with van der Waals surface area (Å²) in [6.07, 6.45) is 1.64. The van der Waals surface area contributed by atoms with Gasteiger partial charge >= 0.3 is 5.97 Å². The molecule has 118 valence electrons. The molecule has 1 aromatic rings. The summed E-state index contributed by atoms with van der Waals surface area (Å²) in [5, 5.41) is 3.76. The van der Waals surface area contributed by atoms with Crippen LogP contribution in [0.25, 0.3) is 0 Å². The predicted octanol–water partition coefficient (Wildman–Crippen LogP) is -0.204. The Hall–Kier alpha value is -1.48. The summed E-state index contributed by atoms with van der Waals surface area (Å²) < 4.78 is 32.6. The summed E-state index contributed by atoms with van der Waals surface area (Å²) in [7, 11) is -2.94. The lowest BCUT2D eigenvalue weighted by atomic mass is 10.3. The van der Waals surface area contributed by atoms with Crippen LogP contribution < -0.4 is 0 Å². The molecule has 2 heterocycles. The largest absolute Gasteiger partial charge is 0.455 e. The molecule has 21 heavy (non-hydrogen) atoms. The first-order valence-electron chi connectivity index (χ1n) is 6.88. The number of aryl methyl sites for hydroxylation is 1. The SMILES string of the molecule is CCCc1noc(COC(=O)CN2CCS(=O)(=O)CC2)n1. The summed E-state index contributed by atoms with van der Waals surface area (Å²) >= 11 is 0. The number of hydrogen-bond donors (Lipinski definition) is 0. The topological polar surface area (TPSA) is 103 Å². The van der Waals surface area contributed by atoms with Gasteiger partial charge < -0.3 is 9.26 Å². The van der Waals surface area contributed by atoms with Crippen LogP contribution >= 0.6 is 0 Å². The zero-order valence-electron chi connectivity index (χ0n) is 11.9. The van der Waals surface area contributed by atoms with Gasteiger partial charge in [-0.1, -0.05) is 12.1 Å². The van der Waals surface area contributed by atoms with E-state index in [1.165, 1.54) is 0 Å². The molecule has 8 nitrogen and oxygen atoms in total. The maximum atomic E-state index is 11.7. The molecule has 1 aliphatic rings. The third-order valence-corrected chi connectivity index (χ3v) is 4.74. The molecule has 9 heteroatoms. The molecule has 1 aromatic heterocycles. The Bertz CT molecular complexity index is 569. The van der Waals surface area contributed by atoms with Crippen LogP contribution in [0.15, 0.2) is 4.52 Å². The fourth-order valence-corrected chi connectivity index (χ4v) is 3.23. The van der Waals surface area contributed by atoms with Gasteiger partial charge in [0.1, 0.15) is 0 Å². The molecule has 0 amide bonds. The average molecular weight is 317 g/mol. The molecule has 0 bridgehead atoms. The van der Waals surface area contributed by atoms with Gasteiger partial charge in [-0.3, -0.25) is 9.69 Å². The van der Waals surface area contributed by atoms with Crippen molar-refractivity contribution < 1.29 is 22.5 Å². The van der Waals surface area contributed by atoms with Crippen LogP contribution in [0.1, 0.15) is 25.1 Å². The van der Waals surface area contributed by atoms with E-state index in [9.17, 15) is 13.2 Å². The van der Waals surface area contributed by atoms with Gasteiger partial charge in [0.25, 0.3) is 5.89 Å². The average Bonchev–Trinajstić information content (AvgIpc) is 2.87. The highest BCUT2D eigenvalue weighted by Crippen LogP contribution is 2.05. The molecule has 0 spiro atoms. The molecule has 0 aliphatic carbocycles. The van der Waals surface area contributed by atoms with Gasteiger partial charge in [-0.25, -0.2) is 8.42 Å². The summed E-state index contributed by atoms with van der Waals surface area (Å²) in [6.45, 7) is 2.75. The molecule has 0 unspecified atom stereocenters. The van der Waals surface area contributed by atoms with Crippen molar-refractivity contribution in [2.75, 3.05) is 31.1 Å². The van der Waals surface area contributed by atoms with Gasteiger partial charge in [0, 0.05) is 19.5 Å². The molecular formula is C12H19N3O5S. The molecule has 0 aromatic carbocycles. The molecule has 1 aliphatic heterocycles. The lowest BCUT2D eigenvalue weighted by Gasteiger charge is -2.25. The van der Waals surface area contributed by atoms with Gasteiger partial charge in [0.15, 0.2) is 22.3 Å². The number of esters is 1. The predicted molar refractivity (Wildman–Crippen MR) is 73.2 cm³/mol. The first-order chi connectivity index (χ1) is 9.98. The van der Waals surface area contributed by atoms with Crippen LogP contribution in [0.5, 0.6) is 0 Å². The lowest BCUT2D eigenvalue weighted by molar-refractivity contribution is -0.147. The number of hydrogen-bond acceptors (Lipinski definition) is 8. The number of nitrogens with zero attached hydrogens (tertiary/aromatic N) is 3. The molecule has 1 saturated heterocycles. The zero-order valence-corrected chi connectivity index (χ0v) is 12.8. The molecule has 0 saturated carbocycles. The third kappa shape index (κ3) is 5.09. The highest BCUT2D eigenvalue weighted by atomic mass is 32.2. The molecular weight excluding hydrogens is 298 g/mol. The second-order valence-corrected chi connectivity index (χ2v) is 7.25. The maximum absolute atomic E-state index is 11.7. The van der Waals surface area contributed by atoms with Crippen molar-refractivity contribution in [1.29, 1.82) is 0 Å². The van der Waals surface area contributed by atoms with Crippen molar-refractivity contribution in [2.45, 2.75) is 26.4 Å². The fraction of sp³-hybridized carbons (Fsp3) is 0.750. The number of sulfone groups is 1. The Morgan fingerprint density at radius 2 is 2.10 bits per heavy atom. The van der Waals surface area contributed by atoms with Crippen molar-refractivity contribution >= 4 is 15.8 Å². The smallest absolute Gasteiger partial charge is 0.320 e. The summed E-state index contributed by atoms with van der Waals surface area (Å²) in [5.41, 5.74) is 0. The second kappa shape index (κ2) is 6.99. The van der Waals surface area contributed by atoms with E-state index in [2.05, 4.69) is 10.1 Å². The zero-order chi connectivity index (χ0) is 15.3. The second-order valence-electron chi connectivity index (χ2n) is 4.94. The van der Waals surface area contributed by atoms with Gasteiger partial charge in [0.05, 0.1) is 18.1 Å². The Balaban J connectivity index is 1.72. The third-order valence-electron chi connectivity index (χ3n) is 3.13. The van der Waals surface area contributed by atoms with Crippen LogP contribution in [0.2, 0.25) is 0 Å². The minimum absolute atomic E-state index is 0.0539. The number of aromatic nitrogens is 2. The van der Waals surface area contributed by atoms with E-state index in [1.54, 1.807) is 4.90 Å². The van der Waals surface area contributed by atoms with Crippen LogP contribution in [0.4, 0.5) is 0 Å². The van der Waals surface area contributed by atoms with Crippen molar-refractivity contribution in [1.82, 2.24) is 15.0 Å². The number of rotatable bonds is 6. The first kappa shape index (κ1) is 15.9. The summed E-state index contributed by atoms with van der Waals surface area (Å²) in [4.78, 5) is 17.5. The molecule has 2 rings (SSSR count). The van der Waals surface area contributed by atoms with Crippen molar-refractivity contribution in [2.24, 2.45) is 0 Å². The molecule has 0 atom stereocenters. The number of ether oxygens (including phenoxy) is 1. The Morgan fingerprint density at radius 1 is 1.38 bits per heavy atom. The Kier molecular flexibility index (Phi) is 5.29. The summed E-state index contributed by atoms with van der Waals surface area (Å²) in [5.74, 6) is 0.622. The van der Waals surface area contributed by atoms with Crippen LogP contribution in [-0.2, 0) is 32.4 Å². The number of carbonyl (C=O) groups excluding carboxylic acids is 1. The van der Waals surface area contributed by atoms with E-state index in [0.717, 1.165) is 12.8 Å². The standard InChI is InChI=1S/C12H19N3O5S/c1-2-3-10-13-11(20-14-10)9-19-12(16)8-15-4-6-21(17,18)7-5-15/h2-9H2,1H3. The van der Waals surface area contributed by atoms with E-state index in [0.29, 0.717) is 18.9 Å². The minimum atomic E-state index is -2.94. The van der Waals surface area contributed by atoms with E-state index in [-0.39, 0.29) is 30.5 Å². The van der Waals surface area contributed by atoms with Crippen LogP contribution in [0.3, 0.4) is 0 Å². The fourth-order valence-electron chi connectivity index (χ4n) is 1.95. The lowest BCUT2D eigenvalue weighted by Crippen LogP contribution is -2.43. The Morgan fingerprint density at radius 3 is 2.76 bits per heavy atom. The van der Waals surface area contributed by atoms with E-state index in [1.807, 2.05) is 6.92 Å². The van der Waals surface area contributed by atoms with Crippen LogP contribution in [-0.4, -0.2) is 60.6 Å². The summed E-state index contributed by atoms with van der Waals surface area (Å²) in [6, 6.07) is 0. The molecule has 0 radical (unpaired) electrons. The molecule has 1 fully saturated rings. The first-order valence-corrected chi connectivity index (χ1v) is 8.70. The van der Waals surface area contributed by atoms with E-state index < -0.39 is 15.8 Å². The highest BCUT2D eigenvalue weighted by Gasteiger charge is 2.23. The van der Waals surface area contributed by atoms with Crippen molar-refractivity contribution in [3.8, 4) is 0 Å². The van der Waals surface area contributed by atoms with E-state index >= 15 is 0 Å². The molecule has 0 N–H and O–H groups in total. The quantitative estimate of drug-likeness (QED) is 0.664. The van der Waals surface area contributed by atoms with Crippen molar-refractivity contribution in [3.05, 3.63) is 11.7 Å². The monoisotopic (exact) mass is 317 g/mol. The van der Waals surface area contributed by atoms with Crippen LogP contribution in [0, 0.1) is 0 Å². The maximum Gasteiger partial charge on any atom is 0.320 e. The number of carbonyl (C=O) groups is 1. The normalized spacial score (nSPS) is 18.5. The Labute approximate surface area is 123 Å². The highest BCUT2D eigenvalue weighted by molar-refractivity contribution is 7.91. The van der Waals surface area contributed by atoms with Gasteiger partial charge in [-0.05, 0) is 6.42 Å². The van der Waals surface area contributed by atoms with Crippen molar-refractivity contribution in [3.63, 3.8) is 0 Å². The van der Waals surface area contributed by atoms with Gasteiger partial charge in [0.2, 0.25) is 0 Å². The van der Waals surface area contributed by atoms with Gasteiger partial charge in [-0.2, -0.15) is 4.98 Å². The van der Waals surface area contributed by atoms with E-state index in [4.69, 9.17) is 9.26 Å². The van der Waals surface area contributed by atoms with Gasteiger partial charge in [-0.15, -0.1) is 0 Å².